The minimum atomic E-state index is -0.156. The van der Waals surface area contributed by atoms with E-state index in [-0.39, 0.29) is 5.54 Å². The Kier molecular flexibility index (Phi) is 2.56. The second-order valence-corrected chi connectivity index (χ2v) is 3.53. The van der Waals surface area contributed by atoms with Gasteiger partial charge in [-0.05, 0) is 20.9 Å². The normalized spacial score (nSPS) is 11.8. The summed E-state index contributed by atoms with van der Waals surface area (Å²) in [5, 5.41) is 14.3. The summed E-state index contributed by atoms with van der Waals surface area (Å²) in [6.45, 7) is 4.13. The molecule has 13 heavy (non-hydrogen) atoms. The molecule has 0 aliphatic carbocycles. The minimum Gasteiger partial charge on any atom is -0.357 e. The van der Waals surface area contributed by atoms with Crippen LogP contribution in [0.3, 0.4) is 0 Å². The molecule has 0 amide bonds. The van der Waals surface area contributed by atoms with Crippen LogP contribution in [0.2, 0.25) is 0 Å². The van der Waals surface area contributed by atoms with Crippen molar-refractivity contribution in [1.29, 1.82) is 0 Å². The first kappa shape index (κ1) is 9.98. The van der Waals surface area contributed by atoms with E-state index in [1.54, 1.807) is 0 Å². The van der Waals surface area contributed by atoms with Crippen molar-refractivity contribution in [3.05, 3.63) is 5.82 Å². The van der Waals surface area contributed by atoms with Gasteiger partial charge >= 0.3 is 0 Å². The van der Waals surface area contributed by atoms with Crippen LogP contribution in [0.15, 0.2) is 0 Å². The standard InChI is InChI=1S/C8H17N5/c1-8(2,10-4)6-11-12-7(9-3)13(6)5/h10H,1-5H3,(H,9,12). The molecule has 5 nitrogen and oxygen atoms in total. The molecule has 0 bridgehead atoms. The SMILES string of the molecule is CNc1nnc(C(C)(C)NC)n1C. The molecule has 0 unspecified atom stereocenters. The Labute approximate surface area is 78.5 Å². The molecule has 5 heteroatoms. The Bertz CT molecular complexity index is 289. The third-order valence-electron chi connectivity index (χ3n) is 2.28. The lowest BCUT2D eigenvalue weighted by molar-refractivity contribution is 0.403. The van der Waals surface area contributed by atoms with E-state index in [1.165, 1.54) is 0 Å². The first-order valence-electron chi connectivity index (χ1n) is 4.29. The van der Waals surface area contributed by atoms with E-state index in [1.807, 2.05) is 25.7 Å². The third kappa shape index (κ3) is 1.65. The summed E-state index contributed by atoms with van der Waals surface area (Å²) in [5.74, 6) is 1.69. The van der Waals surface area contributed by atoms with Gasteiger partial charge in [0.05, 0.1) is 5.54 Å². The van der Waals surface area contributed by atoms with Crippen molar-refractivity contribution in [3.63, 3.8) is 0 Å². The summed E-state index contributed by atoms with van der Waals surface area (Å²) >= 11 is 0. The number of nitrogens with zero attached hydrogens (tertiary/aromatic N) is 3. The van der Waals surface area contributed by atoms with Gasteiger partial charge in [-0.25, -0.2) is 0 Å². The fourth-order valence-corrected chi connectivity index (χ4v) is 1.20. The molecule has 0 aromatic carbocycles. The number of anilines is 1. The highest BCUT2D eigenvalue weighted by Crippen LogP contribution is 2.18. The summed E-state index contributed by atoms with van der Waals surface area (Å²) in [4.78, 5) is 0. The van der Waals surface area contributed by atoms with Gasteiger partial charge in [-0.3, -0.25) is 4.57 Å². The molecular weight excluding hydrogens is 166 g/mol. The monoisotopic (exact) mass is 183 g/mol. The zero-order valence-corrected chi connectivity index (χ0v) is 8.84. The van der Waals surface area contributed by atoms with E-state index in [4.69, 9.17) is 0 Å². The molecule has 0 radical (unpaired) electrons. The summed E-state index contributed by atoms with van der Waals surface area (Å²) in [5.41, 5.74) is -0.156. The summed E-state index contributed by atoms with van der Waals surface area (Å²) in [6.07, 6.45) is 0. The van der Waals surface area contributed by atoms with E-state index in [0.29, 0.717) is 0 Å². The average molecular weight is 183 g/mol. The van der Waals surface area contributed by atoms with Gasteiger partial charge in [-0.15, -0.1) is 10.2 Å². The predicted molar refractivity (Wildman–Crippen MR) is 52.6 cm³/mol. The van der Waals surface area contributed by atoms with Crippen molar-refractivity contribution in [3.8, 4) is 0 Å². The van der Waals surface area contributed by atoms with Crippen LogP contribution in [-0.4, -0.2) is 28.9 Å². The van der Waals surface area contributed by atoms with Gasteiger partial charge in [-0.1, -0.05) is 0 Å². The maximum absolute atomic E-state index is 4.12. The van der Waals surface area contributed by atoms with Crippen molar-refractivity contribution >= 4 is 5.95 Å². The summed E-state index contributed by atoms with van der Waals surface area (Å²) in [7, 11) is 5.69. The topological polar surface area (TPSA) is 54.8 Å². The zero-order chi connectivity index (χ0) is 10.1. The molecule has 1 aromatic rings. The molecule has 0 aliphatic rings. The van der Waals surface area contributed by atoms with Crippen molar-refractivity contribution in [1.82, 2.24) is 20.1 Å². The molecule has 0 saturated heterocycles. The highest BCUT2D eigenvalue weighted by molar-refractivity contribution is 5.25. The molecule has 74 valence electrons. The molecule has 0 saturated carbocycles. The Hall–Kier alpha value is -1.10. The number of nitrogens with one attached hydrogen (secondary N) is 2. The van der Waals surface area contributed by atoms with E-state index in [9.17, 15) is 0 Å². The third-order valence-corrected chi connectivity index (χ3v) is 2.28. The van der Waals surface area contributed by atoms with Crippen molar-refractivity contribution < 1.29 is 0 Å². The molecular formula is C8H17N5. The van der Waals surface area contributed by atoms with Gasteiger partial charge in [0.15, 0.2) is 5.82 Å². The fraction of sp³-hybridized carbons (Fsp3) is 0.750. The second kappa shape index (κ2) is 3.33. The van der Waals surface area contributed by atoms with E-state index in [0.717, 1.165) is 11.8 Å². The maximum Gasteiger partial charge on any atom is 0.224 e. The van der Waals surface area contributed by atoms with E-state index in [2.05, 4.69) is 34.7 Å². The van der Waals surface area contributed by atoms with E-state index < -0.39 is 0 Å². The van der Waals surface area contributed by atoms with Gasteiger partial charge in [0.25, 0.3) is 0 Å². The minimum absolute atomic E-state index is 0.156. The molecule has 0 aliphatic heterocycles. The Morgan fingerprint density at radius 1 is 1.23 bits per heavy atom. The molecule has 2 N–H and O–H groups in total. The van der Waals surface area contributed by atoms with Crippen LogP contribution in [-0.2, 0) is 12.6 Å². The zero-order valence-electron chi connectivity index (χ0n) is 8.84. The molecule has 0 atom stereocenters. The van der Waals surface area contributed by atoms with Gasteiger partial charge in [0.2, 0.25) is 5.95 Å². The quantitative estimate of drug-likeness (QED) is 0.708. The average Bonchev–Trinajstić information content (AvgIpc) is 2.47. The van der Waals surface area contributed by atoms with Crippen molar-refractivity contribution in [2.75, 3.05) is 19.4 Å². The van der Waals surface area contributed by atoms with Crippen LogP contribution in [0.4, 0.5) is 5.95 Å². The fourth-order valence-electron chi connectivity index (χ4n) is 1.20. The van der Waals surface area contributed by atoms with Crippen LogP contribution in [0.25, 0.3) is 0 Å². The number of hydrogen-bond acceptors (Lipinski definition) is 4. The van der Waals surface area contributed by atoms with Gasteiger partial charge in [-0.2, -0.15) is 0 Å². The van der Waals surface area contributed by atoms with Crippen molar-refractivity contribution in [2.45, 2.75) is 19.4 Å². The molecule has 0 spiro atoms. The molecule has 1 rings (SSSR count). The summed E-state index contributed by atoms with van der Waals surface area (Å²) < 4.78 is 1.94. The summed E-state index contributed by atoms with van der Waals surface area (Å²) in [6, 6.07) is 0. The van der Waals surface area contributed by atoms with Gasteiger partial charge in [0.1, 0.15) is 0 Å². The van der Waals surface area contributed by atoms with Crippen LogP contribution < -0.4 is 10.6 Å². The second-order valence-electron chi connectivity index (χ2n) is 3.53. The van der Waals surface area contributed by atoms with Crippen LogP contribution >= 0.6 is 0 Å². The molecule has 1 aromatic heterocycles. The van der Waals surface area contributed by atoms with E-state index >= 15 is 0 Å². The lowest BCUT2D eigenvalue weighted by Crippen LogP contribution is -2.36. The lowest BCUT2D eigenvalue weighted by Gasteiger charge is -2.22. The number of hydrogen-bond donors (Lipinski definition) is 2. The molecule has 1 heterocycles. The number of aromatic nitrogens is 3. The van der Waals surface area contributed by atoms with Gasteiger partial charge < -0.3 is 10.6 Å². The number of rotatable bonds is 3. The van der Waals surface area contributed by atoms with Gasteiger partial charge in [0, 0.05) is 14.1 Å². The first-order chi connectivity index (χ1) is 6.03. The first-order valence-corrected chi connectivity index (χ1v) is 4.29. The Morgan fingerprint density at radius 2 is 1.85 bits per heavy atom. The van der Waals surface area contributed by atoms with Crippen LogP contribution in [0.5, 0.6) is 0 Å². The Balaban J connectivity index is 3.09. The highest BCUT2D eigenvalue weighted by atomic mass is 15.4. The van der Waals surface area contributed by atoms with Crippen molar-refractivity contribution in [2.24, 2.45) is 7.05 Å². The lowest BCUT2D eigenvalue weighted by atomic mass is 10.1. The Morgan fingerprint density at radius 3 is 2.23 bits per heavy atom. The highest BCUT2D eigenvalue weighted by Gasteiger charge is 2.24. The maximum atomic E-state index is 4.12. The predicted octanol–water partition coefficient (Wildman–Crippen LogP) is 0.311. The van der Waals surface area contributed by atoms with Crippen LogP contribution in [0, 0.1) is 0 Å². The molecule has 0 fully saturated rings. The smallest absolute Gasteiger partial charge is 0.224 e. The van der Waals surface area contributed by atoms with Crippen LogP contribution in [0.1, 0.15) is 19.7 Å². The largest absolute Gasteiger partial charge is 0.357 e.